The van der Waals surface area contributed by atoms with Crippen LogP contribution in [0.5, 0.6) is 0 Å². The van der Waals surface area contributed by atoms with Crippen molar-refractivity contribution < 1.29 is 19.1 Å². The van der Waals surface area contributed by atoms with E-state index in [-0.39, 0.29) is 17.2 Å². The number of esters is 1. The predicted octanol–water partition coefficient (Wildman–Crippen LogP) is 5.81. The first-order chi connectivity index (χ1) is 16.4. The molecule has 2 amide bonds. The molecule has 1 heterocycles. The number of aryl methyl sites for hydroxylation is 1. The monoisotopic (exact) mass is 492 g/mol. The van der Waals surface area contributed by atoms with Crippen LogP contribution in [0.25, 0.3) is 0 Å². The number of amides is 2. The second-order valence-electron chi connectivity index (χ2n) is 7.44. The SMILES string of the molecule is CCOC(=O)c1ccc(NC2=C(Sc3ccc(C)cc3)C(=O)N(c3ccccc3Cl)C2=O)cc1. The zero-order valence-corrected chi connectivity index (χ0v) is 20.1. The fraction of sp³-hybridized carbons (Fsp3) is 0.115. The van der Waals surface area contributed by atoms with Crippen molar-refractivity contribution >= 4 is 52.5 Å². The smallest absolute Gasteiger partial charge is 0.338 e. The second kappa shape index (κ2) is 10.2. The third-order valence-corrected chi connectivity index (χ3v) is 6.45. The van der Waals surface area contributed by atoms with Crippen molar-refractivity contribution in [2.24, 2.45) is 0 Å². The van der Waals surface area contributed by atoms with Gasteiger partial charge in [-0.05, 0) is 62.4 Å². The van der Waals surface area contributed by atoms with Gasteiger partial charge >= 0.3 is 5.97 Å². The molecule has 172 valence electrons. The molecule has 3 aromatic rings. The first kappa shape index (κ1) is 23.6. The molecule has 1 aliphatic rings. The second-order valence-corrected chi connectivity index (χ2v) is 8.93. The lowest BCUT2D eigenvalue weighted by atomic mass is 10.2. The Kier molecular flexibility index (Phi) is 7.05. The van der Waals surface area contributed by atoms with E-state index in [0.717, 1.165) is 15.4 Å². The fourth-order valence-corrected chi connectivity index (χ4v) is 4.49. The molecule has 0 radical (unpaired) electrons. The lowest BCUT2D eigenvalue weighted by molar-refractivity contribution is -0.120. The van der Waals surface area contributed by atoms with Crippen LogP contribution in [0.2, 0.25) is 5.02 Å². The van der Waals surface area contributed by atoms with E-state index in [1.54, 1.807) is 55.5 Å². The molecule has 0 fully saturated rings. The quantitative estimate of drug-likeness (QED) is 0.331. The van der Waals surface area contributed by atoms with Crippen LogP contribution in [0.1, 0.15) is 22.8 Å². The van der Waals surface area contributed by atoms with Gasteiger partial charge in [0.1, 0.15) is 10.6 Å². The highest BCUT2D eigenvalue weighted by Crippen LogP contribution is 2.39. The molecule has 0 atom stereocenters. The molecule has 0 saturated carbocycles. The summed E-state index contributed by atoms with van der Waals surface area (Å²) < 4.78 is 5.01. The third-order valence-electron chi connectivity index (χ3n) is 5.04. The normalized spacial score (nSPS) is 13.4. The predicted molar refractivity (Wildman–Crippen MR) is 134 cm³/mol. The number of halogens is 1. The van der Waals surface area contributed by atoms with Gasteiger partial charge in [0.15, 0.2) is 0 Å². The van der Waals surface area contributed by atoms with Crippen molar-refractivity contribution in [3.05, 3.63) is 99.5 Å². The summed E-state index contributed by atoms with van der Waals surface area (Å²) in [6.07, 6.45) is 0. The molecule has 0 bridgehead atoms. The summed E-state index contributed by atoms with van der Waals surface area (Å²) in [7, 11) is 0. The minimum Gasteiger partial charge on any atom is -0.462 e. The minimum absolute atomic E-state index is 0.138. The van der Waals surface area contributed by atoms with Crippen LogP contribution in [0, 0.1) is 6.92 Å². The minimum atomic E-state index is -0.512. The number of thioether (sulfide) groups is 1. The van der Waals surface area contributed by atoms with Gasteiger partial charge in [0.25, 0.3) is 11.8 Å². The number of benzene rings is 3. The Morgan fingerprint density at radius 3 is 2.29 bits per heavy atom. The number of ether oxygens (including phenoxy) is 1. The molecule has 0 saturated heterocycles. The third kappa shape index (κ3) is 4.85. The van der Waals surface area contributed by atoms with Crippen molar-refractivity contribution in [3.63, 3.8) is 0 Å². The Bertz CT molecular complexity index is 1290. The van der Waals surface area contributed by atoms with Crippen molar-refractivity contribution in [2.75, 3.05) is 16.8 Å². The molecule has 34 heavy (non-hydrogen) atoms. The molecular formula is C26H21ClN2O4S. The number of hydrogen-bond donors (Lipinski definition) is 1. The number of rotatable bonds is 7. The van der Waals surface area contributed by atoms with Crippen molar-refractivity contribution in [1.82, 2.24) is 0 Å². The standard InChI is InChI=1S/C26H21ClN2O4S/c1-3-33-26(32)17-10-12-18(13-11-17)28-22-23(34-19-14-8-16(2)9-15-19)25(31)29(24(22)30)21-7-5-4-6-20(21)27/h4-15,28H,3H2,1-2H3. The zero-order chi connectivity index (χ0) is 24.2. The molecule has 6 nitrogen and oxygen atoms in total. The molecule has 4 rings (SSSR count). The molecule has 0 aliphatic carbocycles. The summed E-state index contributed by atoms with van der Waals surface area (Å²) in [5.41, 5.74) is 2.48. The van der Waals surface area contributed by atoms with Gasteiger partial charge in [0, 0.05) is 10.6 Å². The van der Waals surface area contributed by atoms with Gasteiger partial charge in [-0.2, -0.15) is 0 Å². The van der Waals surface area contributed by atoms with E-state index in [1.165, 1.54) is 11.8 Å². The maximum Gasteiger partial charge on any atom is 0.338 e. The summed E-state index contributed by atoms with van der Waals surface area (Å²) in [5, 5.41) is 3.37. The number of anilines is 2. The Hall–Kier alpha value is -3.55. The average molecular weight is 493 g/mol. The molecule has 0 aromatic heterocycles. The molecule has 3 aromatic carbocycles. The number of para-hydroxylation sites is 1. The number of nitrogens with zero attached hydrogens (tertiary/aromatic N) is 1. The molecule has 8 heteroatoms. The molecule has 0 unspecified atom stereocenters. The first-order valence-electron chi connectivity index (χ1n) is 10.6. The molecule has 1 aliphatic heterocycles. The van der Waals surface area contributed by atoms with Crippen molar-refractivity contribution in [1.29, 1.82) is 0 Å². The summed E-state index contributed by atoms with van der Waals surface area (Å²) in [6.45, 7) is 3.99. The molecule has 1 N–H and O–H groups in total. The summed E-state index contributed by atoms with van der Waals surface area (Å²) in [5.74, 6) is -1.41. The van der Waals surface area contributed by atoms with Crippen LogP contribution >= 0.6 is 23.4 Å². The van der Waals surface area contributed by atoms with Crippen LogP contribution in [0.4, 0.5) is 11.4 Å². The van der Waals surface area contributed by atoms with E-state index in [2.05, 4.69) is 5.32 Å². The lowest BCUT2D eigenvalue weighted by Crippen LogP contribution is -2.32. The van der Waals surface area contributed by atoms with Crippen molar-refractivity contribution in [2.45, 2.75) is 18.7 Å². The average Bonchev–Trinajstić information content (AvgIpc) is 3.05. The molecular weight excluding hydrogens is 472 g/mol. The van der Waals surface area contributed by atoms with Crippen LogP contribution < -0.4 is 10.2 Å². The highest BCUT2D eigenvalue weighted by molar-refractivity contribution is 8.04. The van der Waals surface area contributed by atoms with E-state index in [4.69, 9.17) is 16.3 Å². The largest absolute Gasteiger partial charge is 0.462 e. The van der Waals surface area contributed by atoms with Gasteiger partial charge in [0.2, 0.25) is 0 Å². The van der Waals surface area contributed by atoms with Gasteiger partial charge < -0.3 is 10.1 Å². The van der Waals surface area contributed by atoms with Gasteiger partial charge in [-0.1, -0.05) is 53.2 Å². The number of nitrogens with one attached hydrogen (secondary N) is 1. The van der Waals surface area contributed by atoms with Crippen LogP contribution in [-0.2, 0) is 14.3 Å². The Balaban J connectivity index is 1.69. The maximum atomic E-state index is 13.4. The number of carbonyl (C=O) groups is 3. The highest BCUT2D eigenvalue weighted by Gasteiger charge is 2.41. The first-order valence-corrected chi connectivity index (χ1v) is 11.7. The topological polar surface area (TPSA) is 75.7 Å². The van der Waals surface area contributed by atoms with Crippen LogP contribution in [0.15, 0.2) is 88.3 Å². The summed E-state index contributed by atoms with van der Waals surface area (Å²) in [6, 6.07) is 20.9. The number of hydrogen-bond acceptors (Lipinski definition) is 6. The van der Waals surface area contributed by atoms with E-state index < -0.39 is 17.8 Å². The molecule has 0 spiro atoms. The lowest BCUT2D eigenvalue weighted by Gasteiger charge is -2.16. The Labute approximate surface area is 206 Å². The van der Waals surface area contributed by atoms with Crippen LogP contribution in [0.3, 0.4) is 0 Å². The Morgan fingerprint density at radius 2 is 1.65 bits per heavy atom. The maximum absolute atomic E-state index is 13.4. The zero-order valence-electron chi connectivity index (χ0n) is 18.5. The van der Waals surface area contributed by atoms with E-state index in [0.29, 0.717) is 22.0 Å². The summed E-state index contributed by atoms with van der Waals surface area (Å²) in [4.78, 5) is 40.9. The Morgan fingerprint density at radius 1 is 0.971 bits per heavy atom. The van der Waals surface area contributed by atoms with Crippen LogP contribution in [-0.4, -0.2) is 24.4 Å². The number of imide groups is 1. The van der Waals surface area contributed by atoms with Crippen molar-refractivity contribution in [3.8, 4) is 0 Å². The van der Waals surface area contributed by atoms with E-state index >= 15 is 0 Å². The van der Waals surface area contributed by atoms with E-state index in [1.807, 2.05) is 31.2 Å². The van der Waals surface area contributed by atoms with Gasteiger partial charge in [-0.15, -0.1) is 0 Å². The van der Waals surface area contributed by atoms with E-state index in [9.17, 15) is 14.4 Å². The van der Waals surface area contributed by atoms with Gasteiger partial charge in [0.05, 0.1) is 22.9 Å². The van der Waals surface area contributed by atoms with Gasteiger partial charge in [-0.25, -0.2) is 9.69 Å². The van der Waals surface area contributed by atoms with Gasteiger partial charge in [-0.3, -0.25) is 9.59 Å². The highest BCUT2D eigenvalue weighted by atomic mass is 35.5. The number of carbonyl (C=O) groups excluding carboxylic acids is 3. The summed E-state index contributed by atoms with van der Waals surface area (Å²) >= 11 is 7.51. The fourth-order valence-electron chi connectivity index (χ4n) is 3.34.